The zero-order chi connectivity index (χ0) is 13.1. The Morgan fingerprint density at radius 1 is 1.24 bits per heavy atom. The second-order valence-electron chi connectivity index (χ2n) is 5.10. The summed E-state index contributed by atoms with van der Waals surface area (Å²) in [4.78, 5) is 1.18. The van der Waals surface area contributed by atoms with E-state index in [0.717, 1.165) is 11.1 Å². The standard InChI is InChI=1S/C13H17BrCl2S/c1-13(2,3)9(7-14)8-17-10-4-5-11(15)12(16)6-10/h4-6,9H,7-8H2,1-3H3. The van der Waals surface area contributed by atoms with Gasteiger partial charge in [0.1, 0.15) is 0 Å². The molecule has 0 aliphatic carbocycles. The first-order valence-corrected chi connectivity index (χ1v) is 8.34. The number of hydrogen-bond acceptors (Lipinski definition) is 1. The van der Waals surface area contributed by atoms with Crippen LogP contribution in [-0.4, -0.2) is 11.1 Å². The van der Waals surface area contributed by atoms with Crippen LogP contribution in [0.2, 0.25) is 10.0 Å². The Kier molecular flexibility index (Phi) is 6.18. The summed E-state index contributed by atoms with van der Waals surface area (Å²) in [6, 6.07) is 5.81. The lowest BCUT2D eigenvalue weighted by atomic mass is 9.83. The van der Waals surface area contributed by atoms with Crippen molar-refractivity contribution in [3.8, 4) is 0 Å². The highest BCUT2D eigenvalue weighted by atomic mass is 79.9. The number of alkyl halides is 1. The van der Waals surface area contributed by atoms with Gasteiger partial charge in [-0.1, -0.05) is 59.9 Å². The van der Waals surface area contributed by atoms with Gasteiger partial charge in [-0.15, -0.1) is 11.8 Å². The summed E-state index contributed by atoms with van der Waals surface area (Å²) < 4.78 is 0. The second-order valence-corrected chi connectivity index (χ2v) is 7.66. The molecule has 0 nitrogen and oxygen atoms in total. The zero-order valence-corrected chi connectivity index (χ0v) is 14.2. The van der Waals surface area contributed by atoms with Crippen molar-refractivity contribution in [1.82, 2.24) is 0 Å². The van der Waals surface area contributed by atoms with E-state index in [2.05, 4.69) is 36.7 Å². The molecule has 1 aromatic rings. The first-order valence-electron chi connectivity index (χ1n) is 5.48. The molecule has 4 heteroatoms. The minimum atomic E-state index is 0.312. The van der Waals surface area contributed by atoms with Gasteiger partial charge in [-0.2, -0.15) is 0 Å². The molecule has 0 saturated heterocycles. The lowest BCUT2D eigenvalue weighted by molar-refractivity contribution is 0.295. The van der Waals surface area contributed by atoms with Crippen LogP contribution in [0.3, 0.4) is 0 Å². The first-order chi connectivity index (χ1) is 7.84. The summed E-state index contributed by atoms with van der Waals surface area (Å²) in [7, 11) is 0. The normalized spacial score (nSPS) is 13.8. The number of rotatable bonds is 4. The molecule has 1 unspecified atom stereocenters. The molecule has 17 heavy (non-hydrogen) atoms. The molecule has 0 radical (unpaired) electrons. The van der Waals surface area contributed by atoms with Crippen molar-refractivity contribution in [3.05, 3.63) is 28.2 Å². The lowest BCUT2D eigenvalue weighted by Gasteiger charge is -2.28. The van der Waals surface area contributed by atoms with E-state index in [-0.39, 0.29) is 0 Å². The van der Waals surface area contributed by atoms with Crippen LogP contribution in [-0.2, 0) is 0 Å². The maximum atomic E-state index is 6.00. The van der Waals surface area contributed by atoms with E-state index >= 15 is 0 Å². The van der Waals surface area contributed by atoms with E-state index in [4.69, 9.17) is 23.2 Å². The van der Waals surface area contributed by atoms with Gasteiger partial charge in [0, 0.05) is 16.0 Å². The summed E-state index contributed by atoms with van der Waals surface area (Å²) in [5.74, 6) is 1.70. The third kappa shape index (κ3) is 5.02. The van der Waals surface area contributed by atoms with Crippen molar-refractivity contribution in [2.75, 3.05) is 11.1 Å². The van der Waals surface area contributed by atoms with Gasteiger partial charge < -0.3 is 0 Å². The van der Waals surface area contributed by atoms with Gasteiger partial charge in [0.2, 0.25) is 0 Å². The highest BCUT2D eigenvalue weighted by Gasteiger charge is 2.23. The third-order valence-corrected chi connectivity index (χ3v) is 5.43. The molecule has 0 heterocycles. The van der Waals surface area contributed by atoms with Crippen LogP contribution in [0.5, 0.6) is 0 Å². The van der Waals surface area contributed by atoms with Gasteiger partial charge in [-0.3, -0.25) is 0 Å². The van der Waals surface area contributed by atoms with Crippen molar-refractivity contribution in [2.45, 2.75) is 25.7 Å². The topological polar surface area (TPSA) is 0 Å². The molecule has 0 saturated carbocycles. The SMILES string of the molecule is CC(C)(C)C(CBr)CSc1ccc(Cl)c(Cl)c1. The van der Waals surface area contributed by atoms with E-state index in [1.54, 1.807) is 0 Å². The van der Waals surface area contributed by atoms with E-state index in [0.29, 0.717) is 21.4 Å². The van der Waals surface area contributed by atoms with Gasteiger partial charge in [0.15, 0.2) is 0 Å². The Morgan fingerprint density at radius 2 is 1.88 bits per heavy atom. The van der Waals surface area contributed by atoms with Gasteiger partial charge in [-0.25, -0.2) is 0 Å². The quantitative estimate of drug-likeness (QED) is 0.461. The number of thioether (sulfide) groups is 1. The molecule has 0 spiro atoms. The van der Waals surface area contributed by atoms with Gasteiger partial charge in [0.05, 0.1) is 10.0 Å². The molecule has 0 aliphatic heterocycles. The molecule has 0 N–H and O–H groups in total. The largest absolute Gasteiger partial charge is 0.126 e. The molecule has 0 bridgehead atoms. The van der Waals surface area contributed by atoms with Crippen LogP contribution in [0.4, 0.5) is 0 Å². The van der Waals surface area contributed by atoms with E-state index in [1.165, 1.54) is 4.90 Å². The molecular formula is C13H17BrCl2S. The number of hydrogen-bond donors (Lipinski definition) is 0. The Bertz CT molecular complexity index is 374. The molecule has 0 aliphatic rings. The summed E-state index contributed by atoms with van der Waals surface area (Å²) in [6.07, 6.45) is 0. The monoisotopic (exact) mass is 354 g/mol. The Hall–Kier alpha value is 0.630. The van der Waals surface area contributed by atoms with Crippen LogP contribution in [0.1, 0.15) is 20.8 Å². The van der Waals surface area contributed by atoms with Crippen molar-refractivity contribution in [2.24, 2.45) is 11.3 Å². The lowest BCUT2D eigenvalue weighted by Crippen LogP contribution is -2.23. The Balaban J connectivity index is 2.63. The van der Waals surface area contributed by atoms with Crippen molar-refractivity contribution in [1.29, 1.82) is 0 Å². The first kappa shape index (κ1) is 15.7. The Labute approximate surface area is 127 Å². The number of halogens is 3. The fourth-order valence-electron chi connectivity index (χ4n) is 1.29. The van der Waals surface area contributed by atoms with Crippen molar-refractivity contribution in [3.63, 3.8) is 0 Å². The number of benzene rings is 1. The zero-order valence-electron chi connectivity index (χ0n) is 10.3. The minimum absolute atomic E-state index is 0.312. The van der Waals surface area contributed by atoms with Crippen LogP contribution < -0.4 is 0 Å². The maximum absolute atomic E-state index is 6.00. The molecule has 1 aromatic carbocycles. The third-order valence-electron chi connectivity index (χ3n) is 2.75. The second kappa shape index (κ2) is 6.70. The molecule has 1 atom stereocenters. The average Bonchev–Trinajstić information content (AvgIpc) is 2.22. The molecular weight excluding hydrogens is 339 g/mol. The molecule has 0 aromatic heterocycles. The molecule has 1 rings (SSSR count). The van der Waals surface area contributed by atoms with Gasteiger partial charge in [-0.05, 0) is 29.5 Å². The van der Waals surface area contributed by atoms with Crippen LogP contribution in [0, 0.1) is 11.3 Å². The molecule has 0 amide bonds. The molecule has 96 valence electrons. The van der Waals surface area contributed by atoms with Crippen molar-refractivity contribution >= 4 is 50.9 Å². The summed E-state index contributed by atoms with van der Waals surface area (Å²) in [6.45, 7) is 6.82. The van der Waals surface area contributed by atoms with Crippen LogP contribution >= 0.6 is 50.9 Å². The highest BCUT2D eigenvalue weighted by Crippen LogP contribution is 2.34. The molecule has 0 fully saturated rings. The highest BCUT2D eigenvalue weighted by molar-refractivity contribution is 9.09. The van der Waals surface area contributed by atoms with Crippen molar-refractivity contribution < 1.29 is 0 Å². The van der Waals surface area contributed by atoms with Gasteiger partial charge in [0.25, 0.3) is 0 Å². The minimum Gasteiger partial charge on any atom is -0.126 e. The predicted molar refractivity (Wildman–Crippen MR) is 83.9 cm³/mol. The van der Waals surface area contributed by atoms with Crippen LogP contribution in [0.25, 0.3) is 0 Å². The fourth-order valence-corrected chi connectivity index (χ4v) is 4.53. The summed E-state index contributed by atoms with van der Waals surface area (Å²) >= 11 is 17.3. The maximum Gasteiger partial charge on any atom is 0.0603 e. The Morgan fingerprint density at radius 3 is 2.35 bits per heavy atom. The predicted octanol–water partition coefficient (Wildman–Crippen LogP) is 6.14. The average molecular weight is 356 g/mol. The fraction of sp³-hybridized carbons (Fsp3) is 0.538. The van der Waals surface area contributed by atoms with Gasteiger partial charge >= 0.3 is 0 Å². The summed E-state index contributed by atoms with van der Waals surface area (Å²) in [5.41, 5.74) is 0.312. The van der Waals surface area contributed by atoms with E-state index < -0.39 is 0 Å². The smallest absolute Gasteiger partial charge is 0.0603 e. The van der Waals surface area contributed by atoms with E-state index in [1.807, 2.05) is 30.0 Å². The van der Waals surface area contributed by atoms with Crippen LogP contribution in [0.15, 0.2) is 23.1 Å². The van der Waals surface area contributed by atoms with E-state index in [9.17, 15) is 0 Å². The summed E-state index contributed by atoms with van der Waals surface area (Å²) in [5, 5.41) is 2.26.